The first-order valence-corrected chi connectivity index (χ1v) is 36.7. The van der Waals surface area contributed by atoms with Gasteiger partial charge in [-0.1, -0.05) is 80.4 Å². The molecule has 5 aromatic heterocycles. The lowest BCUT2D eigenvalue weighted by Crippen LogP contribution is -2.38. The predicted molar refractivity (Wildman–Crippen MR) is 408 cm³/mol. The second-order valence-corrected chi connectivity index (χ2v) is 25.8. The molecule has 0 saturated carbocycles. The number of aliphatic hydroxyl groups is 3. The molecule has 0 bridgehead atoms. The van der Waals surface area contributed by atoms with E-state index >= 15 is 0 Å². The summed E-state index contributed by atoms with van der Waals surface area (Å²) in [4.78, 5) is 47.2. The van der Waals surface area contributed by atoms with E-state index in [9.17, 15) is 10.2 Å². The van der Waals surface area contributed by atoms with Gasteiger partial charge in [0.2, 0.25) is 26.4 Å². The van der Waals surface area contributed by atoms with Gasteiger partial charge in [-0.15, -0.1) is 11.6 Å². The van der Waals surface area contributed by atoms with E-state index in [-0.39, 0.29) is 68.2 Å². The van der Waals surface area contributed by atoms with E-state index < -0.39 is 0 Å². The molecule has 0 amide bonds. The lowest BCUT2D eigenvalue weighted by atomic mass is 10.2. The molecule has 8 aromatic rings. The third-order valence-electron chi connectivity index (χ3n) is 16.5. The van der Waals surface area contributed by atoms with Crippen molar-refractivity contribution in [2.75, 3.05) is 108 Å². The van der Waals surface area contributed by atoms with Crippen molar-refractivity contribution in [3.63, 3.8) is 0 Å². The first kappa shape index (κ1) is 85.9. The minimum absolute atomic E-state index is 0.000231. The number of aliphatic hydroxyl groups excluding tert-OH is 3. The Bertz CT molecular complexity index is 3750. The number of anilines is 3. The molecule has 5 aliphatic heterocycles. The van der Waals surface area contributed by atoms with Gasteiger partial charge in [-0.3, -0.25) is 0 Å². The Morgan fingerprint density at radius 1 is 0.481 bits per heavy atom. The largest absolute Gasteiger partial charge is 0.504 e. The van der Waals surface area contributed by atoms with Crippen molar-refractivity contribution < 1.29 is 54.0 Å². The van der Waals surface area contributed by atoms with Crippen LogP contribution in [0.2, 0.25) is 36.7 Å². The number of nitrogens with one attached hydrogen (secondary N) is 1. The Labute approximate surface area is 646 Å². The second-order valence-electron chi connectivity index (χ2n) is 23.1. The molecule has 0 radical (unpaired) electrons. The number of aromatic nitrogens is 10. The van der Waals surface area contributed by atoms with Gasteiger partial charge < -0.3 is 78.9 Å². The lowest BCUT2D eigenvalue weighted by Gasteiger charge is -2.31. The van der Waals surface area contributed by atoms with E-state index in [2.05, 4.69) is 85.7 Å². The maximum absolute atomic E-state index is 9.60. The molecule has 5 aliphatic rings. The summed E-state index contributed by atoms with van der Waals surface area (Å²) in [6, 6.07) is 23.8. The molecule has 4 saturated heterocycles. The van der Waals surface area contributed by atoms with Crippen LogP contribution in [-0.2, 0) is 19.1 Å². The summed E-state index contributed by atoms with van der Waals surface area (Å²) < 4.78 is 32.2. The number of fused-ring (bicyclic) bond motifs is 3. The van der Waals surface area contributed by atoms with Gasteiger partial charge in [0.15, 0.2) is 56.5 Å². The average Bonchev–Trinajstić information content (AvgIpc) is 1.60. The zero-order chi connectivity index (χ0) is 75.3. The molecule has 104 heavy (non-hydrogen) atoms. The van der Waals surface area contributed by atoms with Crippen LogP contribution in [0.15, 0.2) is 104 Å². The highest BCUT2D eigenvalue weighted by atomic mass is 35.5. The van der Waals surface area contributed by atoms with Gasteiger partial charge in [-0.05, 0) is 189 Å². The normalized spacial score (nSPS) is 16.5. The summed E-state index contributed by atoms with van der Waals surface area (Å²) in [7, 11) is 4.91. The quantitative estimate of drug-likeness (QED) is 0.0264. The molecule has 6 N–H and O–H groups in total. The maximum Gasteiger partial charge on any atom is 0.224 e. The average molecular weight is 1600 g/mol. The number of ether oxygens (including phenoxy) is 6. The highest BCUT2D eigenvalue weighted by Gasteiger charge is 2.33. The van der Waals surface area contributed by atoms with Crippen molar-refractivity contribution in [1.29, 1.82) is 0 Å². The Morgan fingerprint density at radius 3 is 1.36 bits per heavy atom. The first-order valence-electron chi connectivity index (χ1n) is 33.5. The van der Waals surface area contributed by atoms with E-state index in [4.69, 9.17) is 137 Å². The summed E-state index contributed by atoms with van der Waals surface area (Å²) in [5, 5.41) is 49.5. The molecule has 4 unspecified atom stereocenters. The number of methoxy groups -OCH3 is 3. The van der Waals surface area contributed by atoms with Crippen molar-refractivity contribution >= 4 is 110 Å². The van der Waals surface area contributed by atoms with Crippen LogP contribution < -0.4 is 48.4 Å². The molecular weight excluding hydrogens is 1510 g/mol. The van der Waals surface area contributed by atoms with Crippen LogP contribution in [-0.4, -0.2) is 198 Å². The fourth-order valence-corrected chi connectivity index (χ4v) is 12.0. The number of hydrogen-bond donors (Lipinski definition) is 6. The first-order chi connectivity index (χ1) is 50.3. The Morgan fingerprint density at radius 2 is 0.913 bits per heavy atom. The third-order valence-corrected chi connectivity index (χ3v) is 18.2. The van der Waals surface area contributed by atoms with Crippen LogP contribution >= 0.6 is 92.8 Å². The summed E-state index contributed by atoms with van der Waals surface area (Å²) in [6.45, 7) is 15.8. The van der Waals surface area contributed by atoms with Gasteiger partial charge in [-0.25, -0.2) is 34.9 Å². The molecule has 0 spiro atoms. The standard InChI is InChI=1S/C17H20ClN3O3.C12H10Cl2N2O2.C9H12ClN3O2.C9H10ClN3O.C8H9ClO.C6H15N.C5H11NO.C4H2Cl2N2O/c1-23-14-6-4-12(5-7-14)11-24-15-9-19-17(18)20-16(15)21-8-2-3-13(21)10-22;1-17-9-4-2-8(3-5-9)7-18-10-6-15-12(14)16-11(10)13;10-9-11-4-7(15)8(12-9)13-3-1-2-6(13)5-14;10-9-11-4-7-8(12-9)13-3-1-2-6(13)5-14-7;1-10-8-4-2-7(6-9)3-5-8;1-4-7(5-2)6-3;7-4-5-2-1-3-6-5;5-3-2(9)1-7-4(6)8-3/h4-7,9,13,22H,2-3,8,10-11H2,1H3;2-6H,7H2,1H3;4,6,14-15H,1-3,5H2;4,6H,1-3,5H2;2-5H,6H2,1H3;4-6H2,1-3H3;5-7H,1-4H2;1,9H. The monoisotopic (exact) mass is 1600 g/mol. The van der Waals surface area contributed by atoms with E-state index in [0.29, 0.717) is 66.2 Å². The van der Waals surface area contributed by atoms with Crippen LogP contribution in [0.3, 0.4) is 0 Å². The molecule has 13 rings (SSSR count). The number of benzene rings is 3. The molecular formula is C70H89Cl8N15O11. The van der Waals surface area contributed by atoms with Crippen LogP contribution in [0.5, 0.6) is 46.0 Å². The van der Waals surface area contributed by atoms with Crippen molar-refractivity contribution in [2.45, 2.75) is 115 Å². The van der Waals surface area contributed by atoms with Gasteiger partial charge in [-0.2, -0.15) is 15.0 Å². The molecule has 4 atom stereocenters. The summed E-state index contributed by atoms with van der Waals surface area (Å²) in [6.07, 6.45) is 15.7. The van der Waals surface area contributed by atoms with Gasteiger partial charge in [0, 0.05) is 31.6 Å². The van der Waals surface area contributed by atoms with Crippen molar-refractivity contribution in [3.8, 4) is 46.0 Å². The zero-order valence-corrected chi connectivity index (χ0v) is 64.7. The topological polar surface area (TPSA) is 310 Å². The number of halogens is 8. The van der Waals surface area contributed by atoms with Crippen molar-refractivity contribution in [1.82, 2.24) is 60.1 Å². The van der Waals surface area contributed by atoms with E-state index in [0.717, 1.165) is 117 Å². The van der Waals surface area contributed by atoms with Crippen LogP contribution in [0.25, 0.3) is 0 Å². The third kappa shape index (κ3) is 28.4. The summed E-state index contributed by atoms with van der Waals surface area (Å²) in [5.41, 5.74) is 3.11. The number of rotatable bonds is 18. The molecule has 26 nitrogen and oxygen atoms in total. The van der Waals surface area contributed by atoms with E-state index in [1.165, 1.54) is 51.3 Å². The van der Waals surface area contributed by atoms with Gasteiger partial charge in [0.05, 0.1) is 90.3 Å². The molecule has 0 aliphatic carbocycles. The summed E-state index contributed by atoms with van der Waals surface area (Å²) >= 11 is 45.0. The summed E-state index contributed by atoms with van der Waals surface area (Å²) in [5.74, 6) is 6.49. The highest BCUT2D eigenvalue weighted by molar-refractivity contribution is 6.33. The number of nitrogens with zero attached hydrogens (tertiary/aromatic N) is 14. The van der Waals surface area contributed by atoms with Crippen LogP contribution in [0.1, 0.15) is 88.8 Å². The van der Waals surface area contributed by atoms with E-state index in [1.807, 2.05) is 82.6 Å². The molecule has 10 heterocycles. The molecule has 3 aromatic carbocycles. The minimum Gasteiger partial charge on any atom is -0.504 e. The Balaban J connectivity index is 0.000000193. The SMILES string of the molecule is CCN(CC)CC.COc1ccc(CCl)cc1.COc1ccc(COc2cnc(Cl)nc2Cl)cc1.COc1ccc(COc2cnc(Cl)nc2N2CCCC2CO)cc1.Clc1ncc2c(n1)N1CCCC1CO2.OCC1CCCN1.OCC1CCCN1c1nc(Cl)ncc1O.Oc1cnc(Cl)nc1Cl. The van der Waals surface area contributed by atoms with Crippen LogP contribution in [0, 0.1) is 0 Å². The Hall–Kier alpha value is -7.02. The number of hydrogen-bond acceptors (Lipinski definition) is 26. The fourth-order valence-electron chi connectivity index (χ4n) is 10.8. The zero-order valence-electron chi connectivity index (χ0n) is 58.7. The highest BCUT2D eigenvalue weighted by Crippen LogP contribution is 2.37. The second kappa shape index (κ2) is 46.8. The number of aromatic hydroxyl groups is 2. The molecule has 566 valence electrons. The van der Waals surface area contributed by atoms with Gasteiger partial charge >= 0.3 is 0 Å². The van der Waals surface area contributed by atoms with Gasteiger partial charge in [0.1, 0.15) is 37.1 Å². The Kier molecular flexibility index (Phi) is 38.7. The van der Waals surface area contributed by atoms with Crippen molar-refractivity contribution in [2.24, 2.45) is 0 Å². The fraction of sp³-hybridized carbons (Fsp3) is 0.457. The lowest BCUT2D eigenvalue weighted by molar-refractivity contribution is 0.255. The van der Waals surface area contributed by atoms with Gasteiger partial charge in [0.25, 0.3) is 0 Å². The predicted octanol–water partition coefficient (Wildman–Crippen LogP) is 13.3. The molecule has 4 fully saturated rings. The maximum atomic E-state index is 9.60. The van der Waals surface area contributed by atoms with Crippen molar-refractivity contribution in [3.05, 3.63) is 157 Å². The number of alkyl halides is 1. The molecule has 34 heteroatoms. The van der Waals surface area contributed by atoms with Crippen LogP contribution in [0.4, 0.5) is 17.5 Å². The minimum atomic E-state index is -0.166. The smallest absolute Gasteiger partial charge is 0.224 e. The van der Waals surface area contributed by atoms with E-state index in [1.54, 1.807) is 33.7 Å².